The van der Waals surface area contributed by atoms with Crippen LogP contribution in [0.3, 0.4) is 0 Å². The summed E-state index contributed by atoms with van der Waals surface area (Å²) in [5.41, 5.74) is 1.15. The summed E-state index contributed by atoms with van der Waals surface area (Å²) in [6.45, 7) is 5.37. The minimum atomic E-state index is -1.23. The van der Waals surface area contributed by atoms with Crippen molar-refractivity contribution in [1.82, 2.24) is 5.32 Å². The molecule has 2 amide bonds. The van der Waals surface area contributed by atoms with Gasteiger partial charge in [-0.1, -0.05) is 29.8 Å². The Morgan fingerprint density at radius 2 is 1.73 bits per heavy atom. The molecule has 2 aromatic carbocycles. The molecular weight excluding hydrogens is 352 g/mol. The van der Waals surface area contributed by atoms with E-state index in [-0.39, 0.29) is 5.91 Å². The van der Waals surface area contributed by atoms with Crippen LogP contribution in [0.2, 0.25) is 5.02 Å². The van der Waals surface area contributed by atoms with Crippen molar-refractivity contribution in [2.24, 2.45) is 5.41 Å². The number of carbonyl (C=O) groups is 2. The van der Waals surface area contributed by atoms with E-state index in [1.165, 1.54) is 0 Å². The summed E-state index contributed by atoms with van der Waals surface area (Å²) < 4.78 is 5.11. The predicted molar refractivity (Wildman–Crippen MR) is 103 cm³/mol. The molecule has 0 fully saturated rings. The molecule has 5 nitrogen and oxygen atoms in total. The molecule has 0 bridgehead atoms. The van der Waals surface area contributed by atoms with Crippen molar-refractivity contribution < 1.29 is 14.3 Å². The predicted octanol–water partition coefficient (Wildman–Crippen LogP) is 3.94. The SMILES string of the molecule is COc1ccc(CNC(=O)C(C)(C)C(=O)Nc2cc(Cl)ccc2C)cc1. The molecule has 2 aromatic rings. The number of halogens is 1. The highest BCUT2D eigenvalue weighted by Crippen LogP contribution is 2.24. The van der Waals surface area contributed by atoms with E-state index in [2.05, 4.69) is 10.6 Å². The summed E-state index contributed by atoms with van der Waals surface area (Å²) in [4.78, 5) is 25.1. The van der Waals surface area contributed by atoms with Gasteiger partial charge in [-0.15, -0.1) is 0 Å². The molecule has 26 heavy (non-hydrogen) atoms. The van der Waals surface area contributed by atoms with Gasteiger partial charge >= 0.3 is 0 Å². The lowest BCUT2D eigenvalue weighted by Crippen LogP contribution is -2.45. The van der Waals surface area contributed by atoms with E-state index in [4.69, 9.17) is 16.3 Å². The third-order valence-electron chi connectivity index (χ3n) is 4.20. The largest absolute Gasteiger partial charge is 0.497 e. The summed E-state index contributed by atoms with van der Waals surface area (Å²) in [7, 11) is 1.60. The lowest BCUT2D eigenvalue weighted by molar-refractivity contribution is -0.138. The fraction of sp³-hybridized carbons (Fsp3) is 0.300. The number of aryl methyl sites for hydroxylation is 1. The number of amides is 2. The van der Waals surface area contributed by atoms with Crippen molar-refractivity contribution in [3.63, 3.8) is 0 Å². The molecule has 6 heteroatoms. The van der Waals surface area contributed by atoms with Gasteiger partial charge in [-0.05, 0) is 56.2 Å². The highest BCUT2D eigenvalue weighted by Gasteiger charge is 2.36. The first-order valence-electron chi connectivity index (χ1n) is 8.23. The maximum Gasteiger partial charge on any atom is 0.239 e. The molecule has 0 heterocycles. The summed E-state index contributed by atoms with van der Waals surface area (Å²) in [5.74, 6) is -0.00253. The molecule has 0 spiro atoms. The fourth-order valence-electron chi connectivity index (χ4n) is 2.26. The highest BCUT2D eigenvalue weighted by atomic mass is 35.5. The first kappa shape index (κ1) is 19.8. The smallest absolute Gasteiger partial charge is 0.239 e. The van der Waals surface area contributed by atoms with Gasteiger partial charge in [-0.3, -0.25) is 9.59 Å². The lowest BCUT2D eigenvalue weighted by Gasteiger charge is -2.23. The molecule has 0 aromatic heterocycles. The monoisotopic (exact) mass is 374 g/mol. The second-order valence-electron chi connectivity index (χ2n) is 6.57. The van der Waals surface area contributed by atoms with Crippen LogP contribution in [-0.4, -0.2) is 18.9 Å². The number of anilines is 1. The zero-order valence-electron chi connectivity index (χ0n) is 15.4. The summed E-state index contributed by atoms with van der Waals surface area (Å²) in [5, 5.41) is 6.11. The van der Waals surface area contributed by atoms with Gasteiger partial charge < -0.3 is 15.4 Å². The normalized spacial score (nSPS) is 11.0. The van der Waals surface area contributed by atoms with Crippen molar-refractivity contribution in [2.75, 3.05) is 12.4 Å². The van der Waals surface area contributed by atoms with Crippen molar-refractivity contribution in [3.8, 4) is 5.75 Å². The maximum atomic E-state index is 12.6. The standard InChI is InChI=1S/C20H23ClN2O3/c1-13-5-8-15(21)11-17(13)23-19(25)20(2,3)18(24)22-12-14-6-9-16(26-4)10-7-14/h5-11H,12H2,1-4H3,(H,22,24)(H,23,25). The number of nitrogens with one attached hydrogen (secondary N) is 2. The van der Waals surface area contributed by atoms with E-state index in [1.54, 1.807) is 33.1 Å². The van der Waals surface area contributed by atoms with Crippen LogP contribution in [0.5, 0.6) is 5.75 Å². The van der Waals surface area contributed by atoms with Crippen molar-refractivity contribution in [2.45, 2.75) is 27.3 Å². The molecule has 0 aliphatic carbocycles. The quantitative estimate of drug-likeness (QED) is 0.752. The van der Waals surface area contributed by atoms with E-state index in [1.807, 2.05) is 37.3 Å². The van der Waals surface area contributed by atoms with Crippen LogP contribution in [0.25, 0.3) is 0 Å². The van der Waals surface area contributed by atoms with Crippen LogP contribution in [0, 0.1) is 12.3 Å². The molecule has 2 rings (SSSR count). The molecule has 0 saturated heterocycles. The fourth-order valence-corrected chi connectivity index (χ4v) is 2.43. The molecule has 0 aliphatic heterocycles. The van der Waals surface area contributed by atoms with Gasteiger partial charge in [0.1, 0.15) is 11.2 Å². The number of methoxy groups -OCH3 is 1. The highest BCUT2D eigenvalue weighted by molar-refractivity contribution is 6.31. The van der Waals surface area contributed by atoms with Gasteiger partial charge in [0.15, 0.2) is 0 Å². The molecule has 0 atom stereocenters. The Hall–Kier alpha value is -2.53. The van der Waals surface area contributed by atoms with Gasteiger partial charge in [0.05, 0.1) is 7.11 Å². The molecule has 0 unspecified atom stereocenters. The number of benzene rings is 2. The minimum absolute atomic E-state index is 0.329. The third kappa shape index (κ3) is 4.76. The Bertz CT molecular complexity index is 801. The number of carbonyl (C=O) groups excluding carboxylic acids is 2. The van der Waals surface area contributed by atoms with Crippen molar-refractivity contribution in [1.29, 1.82) is 0 Å². The second kappa shape index (κ2) is 8.23. The summed E-state index contributed by atoms with van der Waals surface area (Å²) >= 11 is 5.98. The van der Waals surface area contributed by atoms with Crippen molar-refractivity contribution in [3.05, 3.63) is 58.6 Å². The van der Waals surface area contributed by atoms with E-state index >= 15 is 0 Å². The number of hydrogen-bond acceptors (Lipinski definition) is 3. The molecule has 138 valence electrons. The molecule has 0 aliphatic rings. The van der Waals surface area contributed by atoms with Gasteiger partial charge in [0, 0.05) is 17.3 Å². The Kier molecular flexibility index (Phi) is 6.27. The summed E-state index contributed by atoms with van der Waals surface area (Å²) in [6.07, 6.45) is 0. The Morgan fingerprint density at radius 1 is 1.08 bits per heavy atom. The average molecular weight is 375 g/mol. The Labute approximate surface area is 158 Å². The zero-order valence-corrected chi connectivity index (χ0v) is 16.1. The van der Waals surface area contributed by atoms with Gasteiger partial charge in [-0.2, -0.15) is 0 Å². The second-order valence-corrected chi connectivity index (χ2v) is 7.01. The first-order chi connectivity index (χ1) is 12.2. The molecule has 0 saturated carbocycles. The van der Waals surface area contributed by atoms with E-state index in [0.29, 0.717) is 17.3 Å². The number of ether oxygens (including phenoxy) is 1. The first-order valence-corrected chi connectivity index (χ1v) is 8.60. The van der Waals surface area contributed by atoms with Crippen LogP contribution in [-0.2, 0) is 16.1 Å². The van der Waals surface area contributed by atoms with Gasteiger partial charge in [0.25, 0.3) is 0 Å². The summed E-state index contributed by atoms with van der Waals surface area (Å²) in [6, 6.07) is 12.6. The molecule has 0 radical (unpaired) electrons. The van der Waals surface area contributed by atoms with Gasteiger partial charge in [0.2, 0.25) is 11.8 Å². The van der Waals surface area contributed by atoms with Crippen LogP contribution >= 0.6 is 11.6 Å². The van der Waals surface area contributed by atoms with E-state index in [9.17, 15) is 9.59 Å². The van der Waals surface area contributed by atoms with Crippen LogP contribution in [0.1, 0.15) is 25.0 Å². The van der Waals surface area contributed by atoms with Gasteiger partial charge in [-0.25, -0.2) is 0 Å². The van der Waals surface area contributed by atoms with Crippen LogP contribution in [0.15, 0.2) is 42.5 Å². The van der Waals surface area contributed by atoms with E-state index in [0.717, 1.165) is 16.9 Å². The lowest BCUT2D eigenvalue weighted by atomic mass is 9.90. The maximum absolute atomic E-state index is 12.6. The Balaban J connectivity index is 2.01. The number of rotatable bonds is 6. The zero-order chi connectivity index (χ0) is 19.3. The Morgan fingerprint density at radius 3 is 2.35 bits per heavy atom. The molecular formula is C20H23ClN2O3. The molecule has 2 N–H and O–H groups in total. The third-order valence-corrected chi connectivity index (χ3v) is 4.43. The van der Waals surface area contributed by atoms with Crippen LogP contribution in [0.4, 0.5) is 5.69 Å². The average Bonchev–Trinajstić information content (AvgIpc) is 2.62. The topological polar surface area (TPSA) is 67.4 Å². The van der Waals surface area contributed by atoms with Crippen molar-refractivity contribution >= 4 is 29.1 Å². The van der Waals surface area contributed by atoms with E-state index < -0.39 is 11.3 Å². The number of hydrogen-bond donors (Lipinski definition) is 2. The minimum Gasteiger partial charge on any atom is -0.497 e. The van der Waals surface area contributed by atoms with Crippen LogP contribution < -0.4 is 15.4 Å².